The SMILES string of the molecule is N#Cc1ccc(N[C@H]2CC[C@H](N(C(=O)NCc3ccccc3)c3ccc(-n4cc(C(=O)O)cn4)cc3)CC2)nc1. The van der Waals surface area contributed by atoms with E-state index < -0.39 is 5.97 Å². The zero-order valence-corrected chi connectivity index (χ0v) is 21.8. The van der Waals surface area contributed by atoms with Gasteiger partial charge in [-0.1, -0.05) is 30.3 Å². The Morgan fingerprint density at radius 3 is 2.38 bits per heavy atom. The summed E-state index contributed by atoms with van der Waals surface area (Å²) in [6, 6.07) is 22.9. The fraction of sp³-hybridized carbons (Fsp3) is 0.233. The molecule has 40 heavy (non-hydrogen) atoms. The first-order valence-electron chi connectivity index (χ1n) is 13.1. The minimum atomic E-state index is -1.04. The van der Waals surface area contributed by atoms with Crippen LogP contribution in [0.25, 0.3) is 5.69 Å². The number of aromatic nitrogens is 3. The lowest BCUT2D eigenvalue weighted by molar-refractivity contribution is 0.0697. The highest BCUT2D eigenvalue weighted by Crippen LogP contribution is 2.30. The molecule has 0 radical (unpaired) electrons. The minimum Gasteiger partial charge on any atom is -0.478 e. The van der Waals surface area contributed by atoms with E-state index >= 15 is 0 Å². The maximum absolute atomic E-state index is 13.6. The Kier molecular flexibility index (Phi) is 8.02. The van der Waals surface area contributed by atoms with E-state index in [1.807, 2.05) is 65.6 Å². The van der Waals surface area contributed by atoms with Gasteiger partial charge in [-0.05, 0) is 67.6 Å². The number of aromatic carboxylic acids is 1. The van der Waals surface area contributed by atoms with Crippen LogP contribution in [0.2, 0.25) is 0 Å². The van der Waals surface area contributed by atoms with Crippen molar-refractivity contribution in [1.29, 1.82) is 5.26 Å². The molecule has 0 aliphatic heterocycles. The Morgan fingerprint density at radius 1 is 1.00 bits per heavy atom. The van der Waals surface area contributed by atoms with Crippen molar-refractivity contribution >= 4 is 23.5 Å². The topological polar surface area (TPSA) is 136 Å². The van der Waals surface area contributed by atoms with Gasteiger partial charge >= 0.3 is 12.0 Å². The molecule has 202 valence electrons. The Labute approximate surface area is 231 Å². The molecule has 1 aliphatic carbocycles. The predicted octanol–water partition coefficient (Wildman–Crippen LogP) is 4.98. The van der Waals surface area contributed by atoms with Gasteiger partial charge in [-0.2, -0.15) is 10.4 Å². The van der Waals surface area contributed by atoms with Gasteiger partial charge in [0.15, 0.2) is 0 Å². The number of pyridine rings is 1. The summed E-state index contributed by atoms with van der Waals surface area (Å²) in [6.07, 6.45) is 7.64. The number of amides is 2. The van der Waals surface area contributed by atoms with Crippen molar-refractivity contribution in [3.63, 3.8) is 0 Å². The molecule has 3 N–H and O–H groups in total. The second kappa shape index (κ2) is 12.1. The molecule has 2 heterocycles. The van der Waals surface area contributed by atoms with Crippen LogP contribution in [0, 0.1) is 11.3 Å². The maximum atomic E-state index is 13.6. The first-order valence-corrected chi connectivity index (χ1v) is 13.1. The zero-order chi connectivity index (χ0) is 27.9. The van der Waals surface area contributed by atoms with E-state index in [2.05, 4.69) is 26.8 Å². The van der Waals surface area contributed by atoms with Crippen LogP contribution < -0.4 is 15.5 Å². The Bertz CT molecular complexity index is 1490. The van der Waals surface area contributed by atoms with E-state index in [9.17, 15) is 14.7 Å². The van der Waals surface area contributed by atoms with Gasteiger partial charge < -0.3 is 15.7 Å². The van der Waals surface area contributed by atoms with Crippen LogP contribution in [0.3, 0.4) is 0 Å². The van der Waals surface area contributed by atoms with Gasteiger partial charge in [-0.15, -0.1) is 0 Å². The molecule has 1 saturated carbocycles. The molecule has 0 saturated heterocycles. The fourth-order valence-corrected chi connectivity index (χ4v) is 4.93. The van der Waals surface area contributed by atoms with Crippen LogP contribution >= 0.6 is 0 Å². The molecule has 2 aromatic heterocycles. The highest BCUT2D eigenvalue weighted by Gasteiger charge is 2.30. The van der Waals surface area contributed by atoms with Crippen LogP contribution in [0.1, 0.15) is 47.2 Å². The summed E-state index contributed by atoms with van der Waals surface area (Å²) in [5, 5.41) is 28.9. The van der Waals surface area contributed by atoms with Crippen molar-refractivity contribution in [3.8, 4) is 11.8 Å². The van der Waals surface area contributed by atoms with Gasteiger partial charge in [0, 0.05) is 36.7 Å². The molecule has 10 nitrogen and oxygen atoms in total. The number of carboxylic acids is 1. The maximum Gasteiger partial charge on any atom is 0.338 e. The fourth-order valence-electron chi connectivity index (χ4n) is 4.93. The number of carbonyl (C=O) groups is 2. The quantitative estimate of drug-likeness (QED) is 0.290. The summed E-state index contributed by atoms with van der Waals surface area (Å²) in [4.78, 5) is 30.9. The van der Waals surface area contributed by atoms with Crippen molar-refractivity contribution in [2.45, 2.75) is 44.3 Å². The molecular weight excluding hydrogens is 506 g/mol. The van der Waals surface area contributed by atoms with E-state index in [1.54, 1.807) is 12.3 Å². The van der Waals surface area contributed by atoms with E-state index in [-0.39, 0.29) is 23.7 Å². The summed E-state index contributed by atoms with van der Waals surface area (Å²) in [6.45, 7) is 0.417. The molecule has 10 heteroatoms. The lowest BCUT2D eigenvalue weighted by Crippen LogP contribution is -2.48. The molecule has 0 atom stereocenters. The highest BCUT2D eigenvalue weighted by molar-refractivity contribution is 5.92. The Balaban J connectivity index is 1.30. The van der Waals surface area contributed by atoms with Gasteiger partial charge in [0.2, 0.25) is 0 Å². The number of nitrogens with zero attached hydrogens (tertiary/aromatic N) is 5. The second-order valence-electron chi connectivity index (χ2n) is 9.70. The van der Waals surface area contributed by atoms with Gasteiger partial charge in [-0.25, -0.2) is 19.3 Å². The van der Waals surface area contributed by atoms with Crippen molar-refractivity contribution in [2.24, 2.45) is 0 Å². The average Bonchev–Trinajstić information content (AvgIpc) is 3.49. The first-order chi connectivity index (χ1) is 19.5. The number of urea groups is 1. The molecule has 5 rings (SSSR count). The average molecular weight is 536 g/mol. The normalized spacial score (nSPS) is 16.5. The largest absolute Gasteiger partial charge is 0.478 e. The molecule has 0 bridgehead atoms. The van der Waals surface area contributed by atoms with E-state index in [1.165, 1.54) is 17.1 Å². The third-order valence-electron chi connectivity index (χ3n) is 7.03. The van der Waals surface area contributed by atoms with Crippen molar-refractivity contribution in [1.82, 2.24) is 20.1 Å². The molecule has 0 spiro atoms. The number of benzene rings is 2. The third-order valence-corrected chi connectivity index (χ3v) is 7.03. The molecular formula is C30H29N7O3. The lowest BCUT2D eigenvalue weighted by atomic mass is 9.90. The summed E-state index contributed by atoms with van der Waals surface area (Å²) < 4.78 is 1.50. The van der Waals surface area contributed by atoms with Crippen molar-refractivity contribution in [3.05, 3.63) is 102 Å². The van der Waals surface area contributed by atoms with Crippen molar-refractivity contribution in [2.75, 3.05) is 10.2 Å². The smallest absolute Gasteiger partial charge is 0.338 e. The number of carboxylic acid groups (broad SMARTS) is 1. The number of nitriles is 1. The van der Waals surface area contributed by atoms with E-state index in [4.69, 9.17) is 5.26 Å². The summed E-state index contributed by atoms with van der Waals surface area (Å²) in [7, 11) is 0. The van der Waals surface area contributed by atoms with Gasteiger partial charge in [0.25, 0.3) is 0 Å². The predicted molar refractivity (Wildman–Crippen MR) is 150 cm³/mol. The summed E-state index contributed by atoms with van der Waals surface area (Å²) in [5.74, 6) is -0.302. The van der Waals surface area contributed by atoms with Crippen LogP contribution in [-0.4, -0.2) is 44.0 Å². The van der Waals surface area contributed by atoms with Crippen LogP contribution in [0.15, 0.2) is 85.3 Å². The number of anilines is 2. The third kappa shape index (κ3) is 6.27. The monoisotopic (exact) mass is 535 g/mol. The highest BCUT2D eigenvalue weighted by atomic mass is 16.4. The Hall–Kier alpha value is -5.17. The van der Waals surface area contributed by atoms with Crippen LogP contribution in [0.4, 0.5) is 16.3 Å². The lowest BCUT2D eigenvalue weighted by Gasteiger charge is -2.37. The number of carbonyl (C=O) groups excluding carboxylic acids is 1. The minimum absolute atomic E-state index is 0.00286. The number of rotatable bonds is 8. The second-order valence-corrected chi connectivity index (χ2v) is 9.70. The zero-order valence-electron chi connectivity index (χ0n) is 21.8. The van der Waals surface area contributed by atoms with Gasteiger partial charge in [-0.3, -0.25) is 4.90 Å². The summed E-state index contributed by atoms with van der Waals surface area (Å²) in [5.41, 5.74) is 3.09. The standard InChI is InChI=1S/C30H29N7O3/c31-16-22-6-15-28(32-18-22)35-24-7-9-26(10-8-24)37(30(40)33-17-21-4-2-1-3-5-21)27-13-11-25(12-14-27)36-20-23(19-34-36)29(38)39/h1-6,11-15,18-20,24,26H,7-10,17H2,(H,32,35)(H,33,40)(H,38,39)/t24-,26-. The van der Waals surface area contributed by atoms with Crippen molar-refractivity contribution < 1.29 is 14.7 Å². The molecule has 2 amide bonds. The van der Waals surface area contributed by atoms with Gasteiger partial charge in [0.05, 0.1) is 23.0 Å². The number of hydrogen-bond donors (Lipinski definition) is 3. The first kappa shape index (κ1) is 26.4. The van der Waals surface area contributed by atoms with Crippen LogP contribution in [-0.2, 0) is 6.54 Å². The molecule has 4 aromatic rings. The number of nitrogens with one attached hydrogen (secondary N) is 2. The molecule has 0 unspecified atom stereocenters. The Morgan fingerprint density at radius 2 is 1.75 bits per heavy atom. The van der Waals surface area contributed by atoms with Gasteiger partial charge in [0.1, 0.15) is 11.9 Å². The van der Waals surface area contributed by atoms with E-state index in [0.717, 1.165) is 42.8 Å². The summed E-state index contributed by atoms with van der Waals surface area (Å²) >= 11 is 0. The molecule has 1 fully saturated rings. The molecule has 1 aliphatic rings. The van der Waals surface area contributed by atoms with E-state index in [0.29, 0.717) is 17.8 Å². The molecule has 2 aromatic carbocycles. The number of hydrogen-bond acceptors (Lipinski definition) is 6. The van der Waals surface area contributed by atoms with Crippen LogP contribution in [0.5, 0.6) is 0 Å².